The van der Waals surface area contributed by atoms with Gasteiger partial charge < -0.3 is 29.4 Å². The van der Waals surface area contributed by atoms with Crippen molar-refractivity contribution in [1.29, 1.82) is 0 Å². The highest BCUT2D eigenvalue weighted by Gasteiger charge is 2.14. The number of nitrogens with one attached hydrogen (secondary N) is 2. The summed E-state index contributed by atoms with van der Waals surface area (Å²) < 4.78 is 19.3. The van der Waals surface area contributed by atoms with E-state index in [4.69, 9.17) is 25.8 Å². The van der Waals surface area contributed by atoms with E-state index in [-0.39, 0.29) is 6.03 Å². The second kappa shape index (κ2) is 10.7. The Kier molecular flexibility index (Phi) is 7.28. The number of rotatable bonds is 9. The largest absolute Gasteiger partial charge is 0.493 e. The first kappa shape index (κ1) is 23.1. The van der Waals surface area contributed by atoms with Crippen LogP contribution in [0.4, 0.5) is 10.5 Å². The Labute approximate surface area is 200 Å². The van der Waals surface area contributed by atoms with Crippen molar-refractivity contribution in [2.24, 2.45) is 0 Å². The molecule has 0 aliphatic rings. The molecule has 0 aliphatic carbocycles. The molecule has 11 heteroatoms. The van der Waals surface area contributed by atoms with Gasteiger partial charge in [-0.15, -0.1) is 0 Å². The number of ether oxygens (including phenoxy) is 3. The molecule has 0 aliphatic heterocycles. The molecule has 0 saturated heterocycles. The van der Waals surface area contributed by atoms with E-state index in [1.54, 1.807) is 50.0 Å². The molecule has 2 amide bonds. The Bertz CT molecular complexity index is 1280. The fraction of sp³-hybridized carbons (Fsp3) is 0.217. The molecule has 0 unspecified atom stereocenters. The van der Waals surface area contributed by atoms with E-state index in [9.17, 15) is 4.79 Å². The van der Waals surface area contributed by atoms with Crippen molar-refractivity contribution in [3.63, 3.8) is 0 Å². The Morgan fingerprint density at radius 2 is 2.06 bits per heavy atom. The van der Waals surface area contributed by atoms with Gasteiger partial charge in [0.15, 0.2) is 11.5 Å². The molecular weight excluding hydrogens is 460 g/mol. The van der Waals surface area contributed by atoms with Crippen LogP contribution in [-0.2, 0) is 6.54 Å². The van der Waals surface area contributed by atoms with Crippen LogP contribution in [0.1, 0.15) is 6.92 Å². The number of anilines is 1. The van der Waals surface area contributed by atoms with Crippen LogP contribution in [-0.4, -0.2) is 45.8 Å². The van der Waals surface area contributed by atoms with E-state index in [1.165, 1.54) is 6.33 Å². The van der Waals surface area contributed by atoms with Crippen molar-refractivity contribution in [1.82, 2.24) is 24.8 Å². The third-order valence-electron chi connectivity index (χ3n) is 4.79. The van der Waals surface area contributed by atoms with Gasteiger partial charge in [0.25, 0.3) is 0 Å². The molecule has 34 heavy (non-hydrogen) atoms. The molecule has 2 heterocycles. The average Bonchev–Trinajstić information content (AvgIpc) is 3.34. The maximum Gasteiger partial charge on any atom is 0.319 e. The number of aromatic nitrogens is 4. The summed E-state index contributed by atoms with van der Waals surface area (Å²) in [5, 5.41) is 6.30. The molecule has 0 spiro atoms. The van der Waals surface area contributed by atoms with Crippen LogP contribution in [0, 0.1) is 0 Å². The second-order valence-corrected chi connectivity index (χ2v) is 7.48. The zero-order valence-corrected chi connectivity index (χ0v) is 19.4. The first-order valence-electron chi connectivity index (χ1n) is 10.5. The van der Waals surface area contributed by atoms with Gasteiger partial charge in [0.2, 0.25) is 5.88 Å². The predicted molar refractivity (Wildman–Crippen MR) is 128 cm³/mol. The number of carbonyl (C=O) groups excluding carboxylic acids is 1. The van der Waals surface area contributed by atoms with Gasteiger partial charge in [-0.1, -0.05) is 11.6 Å². The highest BCUT2D eigenvalue weighted by molar-refractivity contribution is 6.33. The molecule has 2 aromatic heterocycles. The lowest BCUT2D eigenvalue weighted by Gasteiger charge is -2.14. The number of carbonyl (C=O) groups is 1. The van der Waals surface area contributed by atoms with Gasteiger partial charge in [-0.05, 0) is 25.1 Å². The van der Waals surface area contributed by atoms with Crippen molar-refractivity contribution >= 4 is 34.2 Å². The monoisotopic (exact) mass is 482 g/mol. The number of imidazole rings is 1. The van der Waals surface area contributed by atoms with Crippen molar-refractivity contribution in [3.05, 3.63) is 60.4 Å². The van der Waals surface area contributed by atoms with Crippen LogP contribution in [0.2, 0.25) is 5.02 Å². The highest BCUT2D eigenvalue weighted by Crippen LogP contribution is 2.37. The standard InChI is InChI=1S/C23H23ClN6O4/c1-3-26-23(31)29-18-5-4-15(10-17(18)24)34-22-16-11-20(32-2)21(12-19(16)27-13-28-22)33-9-8-30-7-6-25-14-30/h4-7,10-14H,3,8-9H2,1-2H3,(H2,26,29,31). The number of hydrogen-bond acceptors (Lipinski definition) is 7. The summed E-state index contributed by atoms with van der Waals surface area (Å²) in [6.45, 7) is 3.41. The van der Waals surface area contributed by atoms with Gasteiger partial charge in [-0.25, -0.2) is 19.7 Å². The van der Waals surface area contributed by atoms with E-state index in [1.807, 2.05) is 17.7 Å². The smallest absolute Gasteiger partial charge is 0.319 e. The normalized spacial score (nSPS) is 10.7. The van der Waals surface area contributed by atoms with E-state index in [0.29, 0.717) is 64.4 Å². The molecule has 4 rings (SSSR count). The van der Waals surface area contributed by atoms with Gasteiger partial charge >= 0.3 is 6.03 Å². The van der Waals surface area contributed by atoms with E-state index < -0.39 is 0 Å². The SMILES string of the molecule is CCNC(=O)Nc1ccc(Oc2ncnc3cc(OCCn4ccnc4)c(OC)cc23)cc1Cl. The lowest BCUT2D eigenvalue weighted by molar-refractivity contribution is 0.252. The lowest BCUT2D eigenvalue weighted by atomic mass is 10.2. The Balaban J connectivity index is 1.53. The molecule has 0 atom stereocenters. The Morgan fingerprint density at radius 1 is 1.18 bits per heavy atom. The molecule has 10 nitrogen and oxygen atoms in total. The molecule has 2 N–H and O–H groups in total. The highest BCUT2D eigenvalue weighted by atomic mass is 35.5. The van der Waals surface area contributed by atoms with Gasteiger partial charge in [0.05, 0.1) is 41.6 Å². The summed E-state index contributed by atoms with van der Waals surface area (Å²) in [4.78, 5) is 24.4. The number of methoxy groups -OCH3 is 1. The third-order valence-corrected chi connectivity index (χ3v) is 5.10. The summed E-state index contributed by atoms with van der Waals surface area (Å²) >= 11 is 6.31. The molecule has 0 fully saturated rings. The minimum atomic E-state index is -0.338. The molecule has 0 radical (unpaired) electrons. The molecule has 176 valence electrons. The number of benzene rings is 2. The van der Waals surface area contributed by atoms with Crippen molar-refractivity contribution in [2.45, 2.75) is 13.5 Å². The number of fused-ring (bicyclic) bond motifs is 1. The van der Waals surface area contributed by atoms with Crippen molar-refractivity contribution < 1.29 is 19.0 Å². The molecule has 0 bridgehead atoms. The van der Waals surface area contributed by atoms with Gasteiger partial charge in [0.1, 0.15) is 18.7 Å². The fourth-order valence-corrected chi connectivity index (χ4v) is 3.39. The maximum atomic E-state index is 11.7. The number of hydrogen-bond donors (Lipinski definition) is 2. The average molecular weight is 483 g/mol. The van der Waals surface area contributed by atoms with E-state index >= 15 is 0 Å². The topological polar surface area (TPSA) is 112 Å². The number of nitrogens with zero attached hydrogens (tertiary/aromatic N) is 4. The van der Waals surface area contributed by atoms with Crippen molar-refractivity contribution in [2.75, 3.05) is 25.6 Å². The number of amides is 2. The molecule has 2 aromatic carbocycles. The van der Waals surface area contributed by atoms with Gasteiger partial charge in [0, 0.05) is 31.1 Å². The van der Waals surface area contributed by atoms with Crippen LogP contribution in [0.15, 0.2) is 55.4 Å². The zero-order valence-electron chi connectivity index (χ0n) is 18.6. The minimum absolute atomic E-state index is 0.327. The quantitative estimate of drug-likeness (QED) is 0.361. The summed E-state index contributed by atoms with van der Waals surface area (Å²) in [5.74, 6) is 1.86. The van der Waals surface area contributed by atoms with Crippen LogP contribution >= 0.6 is 11.6 Å². The van der Waals surface area contributed by atoms with Crippen LogP contribution in [0.25, 0.3) is 10.9 Å². The van der Waals surface area contributed by atoms with Crippen LogP contribution < -0.4 is 24.8 Å². The minimum Gasteiger partial charge on any atom is -0.493 e. The Morgan fingerprint density at radius 3 is 2.79 bits per heavy atom. The van der Waals surface area contributed by atoms with Crippen LogP contribution in [0.5, 0.6) is 23.1 Å². The summed E-state index contributed by atoms with van der Waals surface area (Å²) in [7, 11) is 1.56. The predicted octanol–water partition coefficient (Wildman–Crippen LogP) is 4.50. The van der Waals surface area contributed by atoms with Crippen molar-refractivity contribution in [3.8, 4) is 23.1 Å². The second-order valence-electron chi connectivity index (χ2n) is 7.08. The summed E-state index contributed by atoms with van der Waals surface area (Å²) in [5.41, 5.74) is 1.09. The van der Waals surface area contributed by atoms with E-state index in [0.717, 1.165) is 0 Å². The summed E-state index contributed by atoms with van der Waals surface area (Å²) in [6.07, 6.45) is 6.72. The first-order valence-corrected chi connectivity index (χ1v) is 10.9. The molecule has 4 aromatic rings. The van der Waals surface area contributed by atoms with Crippen LogP contribution in [0.3, 0.4) is 0 Å². The third kappa shape index (κ3) is 5.46. The summed E-state index contributed by atoms with van der Waals surface area (Å²) in [6, 6.07) is 8.15. The number of halogens is 1. The molecule has 0 saturated carbocycles. The fourth-order valence-electron chi connectivity index (χ4n) is 3.17. The van der Waals surface area contributed by atoms with Gasteiger partial charge in [-0.3, -0.25) is 0 Å². The lowest BCUT2D eigenvalue weighted by Crippen LogP contribution is -2.28. The zero-order chi connectivity index (χ0) is 23.9. The maximum absolute atomic E-state index is 11.7. The number of urea groups is 1. The van der Waals surface area contributed by atoms with Gasteiger partial charge in [-0.2, -0.15) is 0 Å². The first-order chi connectivity index (χ1) is 16.6. The Hall–Kier alpha value is -4.05. The van der Waals surface area contributed by atoms with E-state index in [2.05, 4.69) is 25.6 Å². The molecular formula is C23H23ClN6O4.